The van der Waals surface area contributed by atoms with Crippen LogP contribution in [0.1, 0.15) is 37.3 Å². The maximum absolute atomic E-state index is 11.9. The molecule has 0 radical (unpaired) electrons. The first-order valence-electron chi connectivity index (χ1n) is 8.48. The van der Waals surface area contributed by atoms with Crippen molar-refractivity contribution in [2.45, 2.75) is 26.2 Å². The van der Waals surface area contributed by atoms with E-state index in [4.69, 9.17) is 16.3 Å². The van der Waals surface area contributed by atoms with Gasteiger partial charge in [-0.15, -0.1) is 0 Å². The summed E-state index contributed by atoms with van der Waals surface area (Å²) in [4.78, 5) is 23.6. The second-order valence-corrected chi connectivity index (χ2v) is 6.41. The Bertz CT molecular complexity index is 784. The first-order chi connectivity index (χ1) is 12.5. The van der Waals surface area contributed by atoms with Crippen molar-refractivity contribution in [3.05, 3.63) is 70.8 Å². The fourth-order valence-corrected chi connectivity index (χ4v) is 2.49. The predicted octanol–water partition coefficient (Wildman–Crippen LogP) is 5.05. The number of carbonyl (C=O) groups excluding carboxylic acids is 2. The molecule has 136 valence electrons. The minimum Gasteiger partial charge on any atom is -0.452 e. The van der Waals surface area contributed by atoms with Crippen molar-refractivity contribution in [2.75, 3.05) is 11.9 Å². The highest BCUT2D eigenvalue weighted by Gasteiger charge is 2.07. The summed E-state index contributed by atoms with van der Waals surface area (Å²) < 4.78 is 4.94. The van der Waals surface area contributed by atoms with Gasteiger partial charge in [-0.1, -0.05) is 49.7 Å². The zero-order chi connectivity index (χ0) is 18.9. The average molecular weight is 372 g/mol. The van der Waals surface area contributed by atoms with E-state index in [1.165, 1.54) is 11.6 Å². The van der Waals surface area contributed by atoms with Gasteiger partial charge in [0.25, 0.3) is 5.91 Å². The number of benzene rings is 2. The molecular formula is C21H22ClNO3. The molecule has 2 aromatic carbocycles. The lowest BCUT2D eigenvalue weighted by molar-refractivity contribution is -0.142. The summed E-state index contributed by atoms with van der Waals surface area (Å²) in [6.45, 7) is 3.95. The zero-order valence-corrected chi connectivity index (χ0v) is 15.6. The minimum absolute atomic E-state index is 0.341. The molecule has 4 nitrogen and oxygen atoms in total. The summed E-state index contributed by atoms with van der Waals surface area (Å²) in [5.41, 5.74) is 2.68. The molecule has 0 saturated carbocycles. The third kappa shape index (κ3) is 6.37. The van der Waals surface area contributed by atoms with Crippen LogP contribution in [0.3, 0.4) is 0 Å². The lowest BCUT2D eigenvalue weighted by Gasteiger charge is -2.10. The number of carbonyl (C=O) groups is 2. The molecule has 0 aliphatic heterocycles. The Morgan fingerprint density at radius 1 is 1.19 bits per heavy atom. The standard InChI is InChI=1S/C21H22ClNO3/c1-3-15(2)17-8-10-19(11-9-17)23-20(24)14-26-21(25)12-7-16-5-4-6-18(22)13-16/h4-13,15H,3,14H2,1-2H3,(H,23,24)/b12-7+/t15-/m0/s1. The lowest BCUT2D eigenvalue weighted by atomic mass is 9.99. The van der Waals surface area contributed by atoms with Gasteiger partial charge in [-0.3, -0.25) is 4.79 Å². The quantitative estimate of drug-likeness (QED) is 0.547. The van der Waals surface area contributed by atoms with E-state index in [9.17, 15) is 9.59 Å². The van der Waals surface area contributed by atoms with Gasteiger partial charge >= 0.3 is 5.97 Å². The number of hydrogen-bond acceptors (Lipinski definition) is 3. The van der Waals surface area contributed by atoms with Crippen molar-refractivity contribution < 1.29 is 14.3 Å². The van der Waals surface area contributed by atoms with Crippen LogP contribution in [-0.4, -0.2) is 18.5 Å². The smallest absolute Gasteiger partial charge is 0.331 e. The molecule has 2 aromatic rings. The molecule has 2 rings (SSSR count). The van der Waals surface area contributed by atoms with E-state index >= 15 is 0 Å². The van der Waals surface area contributed by atoms with Crippen LogP contribution in [-0.2, 0) is 14.3 Å². The number of ether oxygens (including phenoxy) is 1. The normalized spacial score (nSPS) is 12.0. The Kier molecular flexibility index (Phi) is 7.42. The average Bonchev–Trinajstić information content (AvgIpc) is 2.64. The van der Waals surface area contributed by atoms with Crippen molar-refractivity contribution in [2.24, 2.45) is 0 Å². The lowest BCUT2D eigenvalue weighted by Crippen LogP contribution is -2.20. The Morgan fingerprint density at radius 3 is 2.58 bits per heavy atom. The van der Waals surface area contributed by atoms with Gasteiger partial charge in [-0.2, -0.15) is 0 Å². The SMILES string of the molecule is CC[C@H](C)c1ccc(NC(=O)COC(=O)/C=C/c2cccc(Cl)c2)cc1. The molecule has 0 saturated heterocycles. The maximum atomic E-state index is 11.9. The maximum Gasteiger partial charge on any atom is 0.331 e. The largest absolute Gasteiger partial charge is 0.452 e. The summed E-state index contributed by atoms with van der Waals surface area (Å²) in [7, 11) is 0. The Labute approximate surface area is 158 Å². The molecule has 0 aliphatic carbocycles. The van der Waals surface area contributed by atoms with Crippen molar-refractivity contribution in [3.8, 4) is 0 Å². The molecule has 0 heterocycles. The fourth-order valence-electron chi connectivity index (χ4n) is 2.29. The zero-order valence-electron chi connectivity index (χ0n) is 14.9. The van der Waals surface area contributed by atoms with Crippen LogP contribution in [0.5, 0.6) is 0 Å². The van der Waals surface area contributed by atoms with Gasteiger partial charge < -0.3 is 10.1 Å². The van der Waals surface area contributed by atoms with E-state index in [1.807, 2.05) is 30.3 Å². The van der Waals surface area contributed by atoms with Crippen LogP contribution in [0.2, 0.25) is 5.02 Å². The molecule has 1 amide bonds. The third-order valence-electron chi connectivity index (χ3n) is 3.98. The molecule has 1 atom stereocenters. The van der Waals surface area contributed by atoms with Gasteiger partial charge in [0.05, 0.1) is 0 Å². The van der Waals surface area contributed by atoms with E-state index < -0.39 is 5.97 Å². The van der Waals surface area contributed by atoms with Gasteiger partial charge in [0.2, 0.25) is 0 Å². The minimum atomic E-state index is -0.591. The molecule has 0 aromatic heterocycles. The predicted molar refractivity (Wildman–Crippen MR) is 105 cm³/mol. The number of halogens is 1. The van der Waals surface area contributed by atoms with E-state index in [1.54, 1.807) is 24.3 Å². The molecule has 0 spiro atoms. The number of hydrogen-bond donors (Lipinski definition) is 1. The molecule has 26 heavy (non-hydrogen) atoms. The Hall–Kier alpha value is -2.59. The van der Waals surface area contributed by atoms with Crippen LogP contribution in [0.15, 0.2) is 54.6 Å². The monoisotopic (exact) mass is 371 g/mol. The van der Waals surface area contributed by atoms with Crippen LogP contribution < -0.4 is 5.32 Å². The Morgan fingerprint density at radius 2 is 1.92 bits per heavy atom. The second-order valence-electron chi connectivity index (χ2n) is 5.98. The molecule has 1 N–H and O–H groups in total. The second kappa shape index (κ2) is 9.78. The summed E-state index contributed by atoms with van der Waals surface area (Å²) in [5.74, 6) is -0.495. The van der Waals surface area contributed by atoms with Crippen molar-refractivity contribution in [3.63, 3.8) is 0 Å². The van der Waals surface area contributed by atoms with Gasteiger partial charge in [0.1, 0.15) is 0 Å². The highest BCUT2D eigenvalue weighted by atomic mass is 35.5. The van der Waals surface area contributed by atoms with Gasteiger partial charge in [0, 0.05) is 16.8 Å². The van der Waals surface area contributed by atoms with Gasteiger partial charge in [0.15, 0.2) is 6.61 Å². The number of amides is 1. The number of nitrogens with one attached hydrogen (secondary N) is 1. The van der Waals surface area contributed by atoms with E-state index in [-0.39, 0.29) is 12.5 Å². The van der Waals surface area contributed by atoms with Crippen molar-refractivity contribution in [1.82, 2.24) is 0 Å². The molecule has 0 bridgehead atoms. The molecule has 0 fully saturated rings. The summed E-state index contributed by atoms with van der Waals surface area (Å²) in [6, 6.07) is 14.7. The highest BCUT2D eigenvalue weighted by Crippen LogP contribution is 2.20. The molecule has 0 aliphatic rings. The van der Waals surface area contributed by atoms with Crippen LogP contribution in [0.25, 0.3) is 6.08 Å². The number of anilines is 1. The Balaban J connectivity index is 1.80. The van der Waals surface area contributed by atoms with Crippen LogP contribution >= 0.6 is 11.6 Å². The topological polar surface area (TPSA) is 55.4 Å². The fraction of sp³-hybridized carbons (Fsp3) is 0.238. The van der Waals surface area contributed by atoms with Crippen LogP contribution in [0, 0.1) is 0 Å². The summed E-state index contributed by atoms with van der Waals surface area (Å²) >= 11 is 5.87. The first kappa shape index (κ1) is 19.7. The van der Waals surface area contributed by atoms with Crippen LogP contribution in [0.4, 0.5) is 5.69 Å². The van der Waals surface area contributed by atoms with E-state index in [0.29, 0.717) is 16.6 Å². The van der Waals surface area contributed by atoms with Crippen molar-refractivity contribution in [1.29, 1.82) is 0 Å². The molecule has 0 unspecified atom stereocenters. The number of esters is 1. The molecular weight excluding hydrogens is 350 g/mol. The van der Waals surface area contributed by atoms with Crippen molar-refractivity contribution >= 4 is 35.2 Å². The molecule has 5 heteroatoms. The first-order valence-corrected chi connectivity index (χ1v) is 8.86. The van der Waals surface area contributed by atoms with Gasteiger partial charge in [-0.25, -0.2) is 4.79 Å². The third-order valence-corrected chi connectivity index (χ3v) is 4.22. The summed E-state index contributed by atoms with van der Waals surface area (Å²) in [6.07, 6.45) is 3.91. The van der Waals surface area contributed by atoms with Gasteiger partial charge in [-0.05, 0) is 53.8 Å². The van der Waals surface area contributed by atoms with E-state index in [2.05, 4.69) is 19.2 Å². The summed E-state index contributed by atoms with van der Waals surface area (Å²) in [5, 5.41) is 3.29. The highest BCUT2D eigenvalue weighted by molar-refractivity contribution is 6.30. The van der Waals surface area contributed by atoms with E-state index in [0.717, 1.165) is 12.0 Å². The number of rotatable bonds is 7.